The molecule has 0 saturated heterocycles. The average Bonchev–Trinajstić information content (AvgIpc) is 2.21. The average molecular weight is 244 g/mol. The molecule has 1 aromatic carbocycles. The number of hydrogen-bond acceptors (Lipinski definition) is 3. The normalized spacial score (nSPS) is 10.6. The standard InChI is InChI=1S/C11H11F3N2O/c12-11(13,14)17-9-4-5-10(16)8(7-9)3-1-2-6-15/h4-5,7H,2,6,15-16H2. The van der Waals surface area contributed by atoms with Gasteiger partial charge in [0.1, 0.15) is 5.75 Å². The smallest absolute Gasteiger partial charge is 0.406 e. The summed E-state index contributed by atoms with van der Waals surface area (Å²) < 4.78 is 39.7. The van der Waals surface area contributed by atoms with E-state index in [1.807, 2.05) is 0 Å². The highest BCUT2D eigenvalue weighted by atomic mass is 19.4. The molecule has 0 heterocycles. The number of halogens is 3. The Bertz CT molecular complexity index is 446. The molecule has 6 heteroatoms. The molecule has 4 N–H and O–H groups in total. The second kappa shape index (κ2) is 5.46. The van der Waals surface area contributed by atoms with Crippen LogP contribution in [0.5, 0.6) is 5.75 Å². The topological polar surface area (TPSA) is 61.3 Å². The summed E-state index contributed by atoms with van der Waals surface area (Å²) in [6.45, 7) is 0.381. The van der Waals surface area contributed by atoms with Gasteiger partial charge in [0.25, 0.3) is 0 Å². The van der Waals surface area contributed by atoms with E-state index in [0.29, 0.717) is 24.2 Å². The molecule has 0 atom stereocenters. The van der Waals surface area contributed by atoms with Gasteiger partial charge in [-0.1, -0.05) is 11.8 Å². The number of nitrogens with two attached hydrogens (primary N) is 2. The molecule has 0 saturated carbocycles. The predicted molar refractivity (Wildman–Crippen MR) is 58.1 cm³/mol. The number of rotatable bonds is 2. The molecule has 1 rings (SSSR count). The lowest BCUT2D eigenvalue weighted by molar-refractivity contribution is -0.274. The first-order chi connectivity index (χ1) is 7.92. The van der Waals surface area contributed by atoms with Gasteiger partial charge >= 0.3 is 6.36 Å². The highest BCUT2D eigenvalue weighted by Crippen LogP contribution is 2.25. The van der Waals surface area contributed by atoms with Crippen molar-refractivity contribution in [1.29, 1.82) is 0 Å². The molecule has 1 aromatic rings. The SMILES string of the molecule is NCCC#Cc1cc(OC(F)(F)F)ccc1N. The van der Waals surface area contributed by atoms with Crippen LogP contribution in [0, 0.1) is 11.8 Å². The van der Waals surface area contributed by atoms with Crippen molar-refractivity contribution in [3.63, 3.8) is 0 Å². The second-order valence-electron chi connectivity index (χ2n) is 3.14. The van der Waals surface area contributed by atoms with Gasteiger partial charge in [-0.2, -0.15) is 0 Å². The molecule has 0 unspecified atom stereocenters. The maximum absolute atomic E-state index is 12.0. The molecule has 0 fully saturated rings. The Hall–Kier alpha value is -1.87. The Balaban J connectivity index is 2.92. The van der Waals surface area contributed by atoms with Gasteiger partial charge in [-0.3, -0.25) is 0 Å². The van der Waals surface area contributed by atoms with E-state index in [-0.39, 0.29) is 5.75 Å². The summed E-state index contributed by atoms with van der Waals surface area (Å²) in [6, 6.07) is 3.59. The van der Waals surface area contributed by atoms with Crippen molar-refractivity contribution in [2.24, 2.45) is 5.73 Å². The lowest BCUT2D eigenvalue weighted by Gasteiger charge is -2.09. The zero-order valence-corrected chi connectivity index (χ0v) is 8.84. The van der Waals surface area contributed by atoms with E-state index in [1.165, 1.54) is 6.07 Å². The molecule has 0 bridgehead atoms. The van der Waals surface area contributed by atoms with Crippen molar-refractivity contribution >= 4 is 5.69 Å². The predicted octanol–water partition coefficient (Wildman–Crippen LogP) is 1.87. The second-order valence-corrected chi connectivity index (χ2v) is 3.14. The minimum Gasteiger partial charge on any atom is -0.406 e. The third-order valence-electron chi connectivity index (χ3n) is 1.75. The van der Waals surface area contributed by atoms with Crippen LogP contribution in [-0.2, 0) is 0 Å². The molecule has 0 aliphatic rings. The molecule has 92 valence electrons. The highest BCUT2D eigenvalue weighted by Gasteiger charge is 2.31. The molecule has 0 aromatic heterocycles. The number of anilines is 1. The summed E-state index contributed by atoms with van der Waals surface area (Å²) in [5.41, 5.74) is 11.4. The summed E-state index contributed by atoms with van der Waals surface area (Å²) >= 11 is 0. The lowest BCUT2D eigenvalue weighted by Crippen LogP contribution is -2.17. The van der Waals surface area contributed by atoms with Gasteiger partial charge in [-0.15, -0.1) is 13.2 Å². The first-order valence-electron chi connectivity index (χ1n) is 4.76. The van der Waals surface area contributed by atoms with E-state index in [1.54, 1.807) is 0 Å². The van der Waals surface area contributed by atoms with Crippen LogP contribution < -0.4 is 16.2 Å². The summed E-state index contributed by atoms with van der Waals surface area (Å²) in [4.78, 5) is 0. The van der Waals surface area contributed by atoms with E-state index in [2.05, 4.69) is 16.6 Å². The van der Waals surface area contributed by atoms with Crippen molar-refractivity contribution in [2.75, 3.05) is 12.3 Å². The molecule has 0 radical (unpaired) electrons. The Morgan fingerprint density at radius 3 is 2.59 bits per heavy atom. The zero-order chi connectivity index (χ0) is 12.9. The fourth-order valence-electron chi connectivity index (χ4n) is 1.07. The Labute approximate surface area is 96.5 Å². The third-order valence-corrected chi connectivity index (χ3v) is 1.75. The third kappa shape index (κ3) is 4.66. The van der Waals surface area contributed by atoms with Crippen LogP contribution in [0.15, 0.2) is 18.2 Å². The van der Waals surface area contributed by atoms with Crippen molar-refractivity contribution in [1.82, 2.24) is 0 Å². The zero-order valence-electron chi connectivity index (χ0n) is 8.84. The minimum absolute atomic E-state index is 0.292. The number of nitrogen functional groups attached to an aromatic ring is 1. The molecule has 17 heavy (non-hydrogen) atoms. The first-order valence-corrected chi connectivity index (χ1v) is 4.76. The van der Waals surface area contributed by atoms with Gasteiger partial charge in [0.05, 0.1) is 5.56 Å². The lowest BCUT2D eigenvalue weighted by atomic mass is 10.1. The summed E-state index contributed by atoms with van der Waals surface area (Å²) in [6.07, 6.45) is -4.28. The van der Waals surface area contributed by atoms with Crippen LogP contribution in [0.3, 0.4) is 0 Å². The molecular formula is C11H11F3N2O. The maximum atomic E-state index is 12.0. The molecule has 0 aliphatic carbocycles. The van der Waals surface area contributed by atoms with E-state index >= 15 is 0 Å². The monoisotopic (exact) mass is 244 g/mol. The number of ether oxygens (including phenoxy) is 1. The fraction of sp³-hybridized carbons (Fsp3) is 0.273. The Kier molecular flexibility index (Phi) is 4.24. The summed E-state index contributed by atoms with van der Waals surface area (Å²) in [5.74, 6) is 4.98. The van der Waals surface area contributed by atoms with Gasteiger partial charge in [-0.25, -0.2) is 0 Å². The fourth-order valence-corrected chi connectivity index (χ4v) is 1.07. The van der Waals surface area contributed by atoms with Crippen LogP contribution in [0.25, 0.3) is 0 Å². The molecule has 0 spiro atoms. The Morgan fingerprint density at radius 2 is 2.00 bits per heavy atom. The molecular weight excluding hydrogens is 233 g/mol. The van der Waals surface area contributed by atoms with Gasteiger partial charge in [0, 0.05) is 18.7 Å². The maximum Gasteiger partial charge on any atom is 0.573 e. The van der Waals surface area contributed by atoms with Crippen molar-refractivity contribution in [2.45, 2.75) is 12.8 Å². The van der Waals surface area contributed by atoms with Gasteiger partial charge in [-0.05, 0) is 18.2 Å². The largest absolute Gasteiger partial charge is 0.573 e. The van der Waals surface area contributed by atoms with Crippen molar-refractivity contribution < 1.29 is 17.9 Å². The minimum atomic E-state index is -4.72. The highest BCUT2D eigenvalue weighted by molar-refractivity contribution is 5.58. The summed E-state index contributed by atoms with van der Waals surface area (Å²) in [5, 5.41) is 0. The van der Waals surface area contributed by atoms with Crippen LogP contribution in [-0.4, -0.2) is 12.9 Å². The van der Waals surface area contributed by atoms with E-state index in [9.17, 15) is 13.2 Å². The quantitative estimate of drug-likeness (QED) is 0.616. The van der Waals surface area contributed by atoms with E-state index in [0.717, 1.165) is 12.1 Å². The van der Waals surface area contributed by atoms with Crippen LogP contribution in [0.2, 0.25) is 0 Å². The number of alkyl halides is 3. The molecule has 0 aliphatic heterocycles. The van der Waals surface area contributed by atoms with Gasteiger partial charge < -0.3 is 16.2 Å². The molecule has 3 nitrogen and oxygen atoms in total. The molecule has 0 amide bonds. The van der Waals surface area contributed by atoms with E-state index < -0.39 is 6.36 Å². The van der Waals surface area contributed by atoms with Crippen molar-refractivity contribution in [3.05, 3.63) is 23.8 Å². The summed E-state index contributed by atoms with van der Waals surface area (Å²) in [7, 11) is 0. The number of benzene rings is 1. The van der Waals surface area contributed by atoms with Gasteiger partial charge in [0.2, 0.25) is 0 Å². The van der Waals surface area contributed by atoms with Crippen LogP contribution >= 0.6 is 0 Å². The first kappa shape index (κ1) is 13.2. The Morgan fingerprint density at radius 1 is 1.29 bits per heavy atom. The number of hydrogen-bond donors (Lipinski definition) is 2. The van der Waals surface area contributed by atoms with Gasteiger partial charge in [0.15, 0.2) is 0 Å². The van der Waals surface area contributed by atoms with Crippen LogP contribution in [0.1, 0.15) is 12.0 Å². The van der Waals surface area contributed by atoms with Crippen molar-refractivity contribution in [3.8, 4) is 17.6 Å². The van der Waals surface area contributed by atoms with E-state index in [4.69, 9.17) is 11.5 Å². The van der Waals surface area contributed by atoms with Crippen LogP contribution in [0.4, 0.5) is 18.9 Å².